The van der Waals surface area contributed by atoms with Crippen molar-refractivity contribution >= 4 is 12.4 Å². The fourth-order valence-electron chi connectivity index (χ4n) is 2.62. The van der Waals surface area contributed by atoms with Crippen molar-refractivity contribution in [2.24, 2.45) is 11.1 Å². The molecule has 0 aromatic heterocycles. The molecule has 1 fully saturated rings. The molecule has 1 saturated heterocycles. The molecule has 2 nitrogen and oxygen atoms in total. The average molecular weight is 327 g/mol. The lowest BCUT2D eigenvalue weighted by atomic mass is 9.90. The Labute approximate surface area is 127 Å². The Morgan fingerprint density at radius 2 is 2.00 bits per heavy atom. The monoisotopic (exact) mass is 326 g/mol. The summed E-state index contributed by atoms with van der Waals surface area (Å²) in [4.78, 5) is 1.94. The molecule has 0 aliphatic carbocycles. The standard InChI is InChI=1S/C14H18F4N2.ClH/c1-13(8-19)4-5-20(9-13)7-10-2-3-11(15)6-12(10)14(16,17)18;/h2-3,6H,4-5,7-9,19H2,1H3;1H. The molecule has 2 rings (SSSR count). The molecule has 1 heterocycles. The van der Waals surface area contributed by atoms with Crippen LogP contribution in [-0.4, -0.2) is 24.5 Å². The molecule has 0 bridgehead atoms. The van der Waals surface area contributed by atoms with Crippen molar-refractivity contribution in [1.29, 1.82) is 0 Å². The topological polar surface area (TPSA) is 29.3 Å². The predicted molar refractivity (Wildman–Crippen MR) is 75.7 cm³/mol. The van der Waals surface area contributed by atoms with Gasteiger partial charge in [0.2, 0.25) is 0 Å². The number of likely N-dealkylation sites (tertiary alicyclic amines) is 1. The summed E-state index contributed by atoms with van der Waals surface area (Å²) in [5.74, 6) is -0.866. The molecule has 1 unspecified atom stereocenters. The SMILES string of the molecule is CC1(CN)CCN(Cc2ccc(F)cc2C(F)(F)F)C1.Cl. The second kappa shape index (κ2) is 6.50. The summed E-state index contributed by atoms with van der Waals surface area (Å²) in [6.07, 6.45) is -3.67. The fraction of sp³-hybridized carbons (Fsp3) is 0.571. The first-order valence-electron chi connectivity index (χ1n) is 6.52. The number of nitrogens with two attached hydrogens (primary N) is 1. The Morgan fingerprint density at radius 1 is 1.33 bits per heavy atom. The van der Waals surface area contributed by atoms with Gasteiger partial charge in [0, 0.05) is 13.1 Å². The molecular formula is C14H19ClF4N2. The van der Waals surface area contributed by atoms with Crippen molar-refractivity contribution in [3.63, 3.8) is 0 Å². The largest absolute Gasteiger partial charge is 0.416 e. The maximum Gasteiger partial charge on any atom is 0.416 e. The third-order valence-corrected chi connectivity index (χ3v) is 3.90. The van der Waals surface area contributed by atoms with Crippen LogP contribution in [0.3, 0.4) is 0 Å². The average Bonchev–Trinajstić information content (AvgIpc) is 2.73. The Balaban J connectivity index is 0.00000220. The van der Waals surface area contributed by atoms with Crippen LogP contribution in [0.25, 0.3) is 0 Å². The van der Waals surface area contributed by atoms with Crippen LogP contribution in [0.1, 0.15) is 24.5 Å². The van der Waals surface area contributed by atoms with E-state index in [1.807, 2.05) is 11.8 Å². The second-order valence-corrected chi connectivity index (χ2v) is 5.77. The van der Waals surface area contributed by atoms with Crippen LogP contribution >= 0.6 is 12.4 Å². The van der Waals surface area contributed by atoms with Gasteiger partial charge in [-0.15, -0.1) is 12.4 Å². The van der Waals surface area contributed by atoms with E-state index in [1.54, 1.807) is 0 Å². The minimum Gasteiger partial charge on any atom is -0.330 e. The minimum absolute atomic E-state index is 0. The van der Waals surface area contributed by atoms with Gasteiger partial charge in [-0.3, -0.25) is 4.90 Å². The lowest BCUT2D eigenvalue weighted by Gasteiger charge is -2.23. The molecule has 0 spiro atoms. The van der Waals surface area contributed by atoms with Crippen LogP contribution in [-0.2, 0) is 12.7 Å². The zero-order chi connectivity index (χ0) is 15.0. The predicted octanol–water partition coefficient (Wildman–Crippen LogP) is 3.44. The summed E-state index contributed by atoms with van der Waals surface area (Å²) >= 11 is 0. The zero-order valence-corrected chi connectivity index (χ0v) is 12.5. The summed E-state index contributed by atoms with van der Waals surface area (Å²) < 4.78 is 51.8. The molecule has 120 valence electrons. The van der Waals surface area contributed by atoms with E-state index in [9.17, 15) is 17.6 Å². The van der Waals surface area contributed by atoms with E-state index in [0.717, 1.165) is 12.5 Å². The van der Waals surface area contributed by atoms with Gasteiger partial charge >= 0.3 is 6.18 Å². The quantitative estimate of drug-likeness (QED) is 0.862. The molecule has 1 aliphatic heterocycles. The van der Waals surface area contributed by atoms with Gasteiger partial charge in [0.15, 0.2) is 0 Å². The highest BCUT2D eigenvalue weighted by Gasteiger charge is 2.36. The van der Waals surface area contributed by atoms with E-state index in [1.165, 1.54) is 6.07 Å². The van der Waals surface area contributed by atoms with E-state index in [2.05, 4.69) is 0 Å². The lowest BCUT2D eigenvalue weighted by molar-refractivity contribution is -0.138. The molecule has 0 radical (unpaired) electrons. The van der Waals surface area contributed by atoms with Gasteiger partial charge in [0.05, 0.1) is 5.56 Å². The van der Waals surface area contributed by atoms with Gasteiger partial charge in [-0.05, 0) is 42.6 Å². The van der Waals surface area contributed by atoms with Crippen LogP contribution in [0, 0.1) is 11.2 Å². The number of halogens is 5. The fourth-order valence-corrected chi connectivity index (χ4v) is 2.62. The first kappa shape index (κ1) is 18.2. The smallest absolute Gasteiger partial charge is 0.330 e. The highest BCUT2D eigenvalue weighted by Crippen LogP contribution is 2.35. The van der Waals surface area contributed by atoms with Crippen LogP contribution in [0.15, 0.2) is 18.2 Å². The maximum atomic E-state index is 13.0. The van der Waals surface area contributed by atoms with Gasteiger partial charge in [0.25, 0.3) is 0 Å². The molecule has 1 aromatic carbocycles. The molecule has 0 saturated carbocycles. The normalized spacial score (nSPS) is 23.1. The molecule has 1 aliphatic rings. The Hall–Kier alpha value is -0.850. The van der Waals surface area contributed by atoms with E-state index in [4.69, 9.17) is 5.73 Å². The molecule has 1 atom stereocenters. The molecule has 1 aromatic rings. The van der Waals surface area contributed by atoms with Crippen LogP contribution < -0.4 is 5.73 Å². The maximum absolute atomic E-state index is 13.0. The highest BCUT2D eigenvalue weighted by atomic mass is 35.5. The van der Waals surface area contributed by atoms with Crippen molar-refractivity contribution in [3.05, 3.63) is 35.1 Å². The van der Waals surface area contributed by atoms with Crippen LogP contribution in [0.2, 0.25) is 0 Å². The van der Waals surface area contributed by atoms with Gasteiger partial charge in [0.1, 0.15) is 5.82 Å². The summed E-state index contributed by atoms with van der Waals surface area (Å²) in [5, 5.41) is 0. The minimum atomic E-state index is -4.53. The van der Waals surface area contributed by atoms with Gasteiger partial charge in [-0.2, -0.15) is 13.2 Å². The zero-order valence-electron chi connectivity index (χ0n) is 11.7. The van der Waals surface area contributed by atoms with Gasteiger partial charge in [-0.25, -0.2) is 4.39 Å². The number of hydrogen-bond acceptors (Lipinski definition) is 2. The third-order valence-electron chi connectivity index (χ3n) is 3.90. The number of rotatable bonds is 3. The first-order valence-corrected chi connectivity index (χ1v) is 6.52. The van der Waals surface area contributed by atoms with E-state index >= 15 is 0 Å². The van der Waals surface area contributed by atoms with E-state index < -0.39 is 17.6 Å². The highest BCUT2D eigenvalue weighted by molar-refractivity contribution is 5.85. The Morgan fingerprint density at radius 3 is 2.52 bits per heavy atom. The third kappa shape index (κ3) is 4.31. The number of alkyl halides is 3. The number of hydrogen-bond donors (Lipinski definition) is 1. The van der Waals surface area contributed by atoms with E-state index in [0.29, 0.717) is 25.7 Å². The Kier molecular flexibility index (Phi) is 5.63. The summed E-state index contributed by atoms with van der Waals surface area (Å²) in [5.41, 5.74) is 4.86. The molecular weight excluding hydrogens is 308 g/mol. The molecule has 2 N–H and O–H groups in total. The summed E-state index contributed by atoms with van der Waals surface area (Å²) in [6, 6.07) is 2.85. The van der Waals surface area contributed by atoms with Gasteiger partial charge in [-0.1, -0.05) is 13.0 Å². The van der Waals surface area contributed by atoms with Crippen molar-refractivity contribution in [3.8, 4) is 0 Å². The second-order valence-electron chi connectivity index (χ2n) is 5.77. The molecule has 0 amide bonds. The van der Waals surface area contributed by atoms with Gasteiger partial charge < -0.3 is 5.73 Å². The van der Waals surface area contributed by atoms with Crippen molar-refractivity contribution in [2.45, 2.75) is 26.1 Å². The number of nitrogens with zero attached hydrogens (tertiary/aromatic N) is 1. The molecule has 7 heteroatoms. The van der Waals surface area contributed by atoms with Crippen molar-refractivity contribution in [1.82, 2.24) is 4.90 Å². The molecule has 21 heavy (non-hydrogen) atoms. The van der Waals surface area contributed by atoms with Crippen LogP contribution in [0.5, 0.6) is 0 Å². The van der Waals surface area contributed by atoms with Crippen molar-refractivity contribution < 1.29 is 17.6 Å². The first-order chi connectivity index (χ1) is 9.23. The summed E-state index contributed by atoms with van der Waals surface area (Å²) in [6.45, 7) is 4.09. The Bertz CT molecular complexity index is 492. The summed E-state index contributed by atoms with van der Waals surface area (Å²) in [7, 11) is 0. The van der Waals surface area contributed by atoms with Crippen LogP contribution in [0.4, 0.5) is 17.6 Å². The van der Waals surface area contributed by atoms with Crippen molar-refractivity contribution in [2.75, 3.05) is 19.6 Å². The lowest BCUT2D eigenvalue weighted by Crippen LogP contribution is -2.31. The number of benzene rings is 1. The van der Waals surface area contributed by atoms with E-state index in [-0.39, 0.29) is 29.9 Å².